The first-order valence-corrected chi connectivity index (χ1v) is 4.72. The van der Waals surface area contributed by atoms with Crippen LogP contribution in [0.5, 0.6) is 0 Å². The van der Waals surface area contributed by atoms with Gasteiger partial charge in [0.15, 0.2) is 6.10 Å². The van der Waals surface area contributed by atoms with Crippen LogP contribution in [0.15, 0.2) is 0 Å². The van der Waals surface area contributed by atoms with Gasteiger partial charge in [-0.3, -0.25) is 4.79 Å². The molecule has 0 aliphatic heterocycles. The Labute approximate surface area is 84.6 Å². The van der Waals surface area contributed by atoms with E-state index in [-0.39, 0.29) is 12.0 Å². The summed E-state index contributed by atoms with van der Waals surface area (Å²) in [6.45, 7) is 8.47. The molecule has 0 aromatic carbocycles. The fourth-order valence-electron chi connectivity index (χ4n) is 0.712. The molecule has 0 fully saturated rings. The third-order valence-corrected chi connectivity index (χ3v) is 1.92. The van der Waals surface area contributed by atoms with Crippen molar-refractivity contribution >= 4 is 11.9 Å². The van der Waals surface area contributed by atoms with Crippen molar-refractivity contribution in [2.24, 2.45) is 5.92 Å². The maximum absolute atomic E-state index is 11.3. The van der Waals surface area contributed by atoms with Crippen molar-refractivity contribution in [2.75, 3.05) is 0 Å². The van der Waals surface area contributed by atoms with Crippen molar-refractivity contribution in [1.29, 1.82) is 0 Å². The molecule has 0 amide bonds. The predicted octanol–water partition coefficient (Wildman–Crippen LogP) is 1.53. The maximum Gasteiger partial charge on any atom is 0.347 e. The molecule has 4 nitrogen and oxygen atoms in total. The van der Waals surface area contributed by atoms with Gasteiger partial charge in [-0.25, -0.2) is 4.79 Å². The zero-order chi connectivity index (χ0) is 11.3. The van der Waals surface area contributed by atoms with E-state index in [9.17, 15) is 9.59 Å². The van der Waals surface area contributed by atoms with Crippen LogP contribution >= 0.6 is 0 Å². The maximum atomic E-state index is 11.3. The molecule has 0 heterocycles. The second kappa shape index (κ2) is 5.62. The highest BCUT2D eigenvalue weighted by Crippen LogP contribution is 2.07. The summed E-state index contributed by atoms with van der Waals surface area (Å²) in [4.78, 5) is 21.8. The topological polar surface area (TPSA) is 52.6 Å². The van der Waals surface area contributed by atoms with Gasteiger partial charge in [-0.05, 0) is 19.8 Å². The van der Waals surface area contributed by atoms with Crippen LogP contribution in [0.1, 0.15) is 34.6 Å². The number of hydrogen-bond acceptors (Lipinski definition) is 4. The number of rotatable bonds is 4. The molecule has 0 aromatic rings. The molecule has 0 bridgehead atoms. The zero-order valence-corrected chi connectivity index (χ0v) is 9.37. The molecule has 0 rings (SSSR count). The minimum atomic E-state index is -0.825. The summed E-state index contributed by atoms with van der Waals surface area (Å²) in [6.07, 6.45) is -0.991. The highest BCUT2D eigenvalue weighted by atomic mass is 16.6. The summed E-state index contributed by atoms with van der Waals surface area (Å²) < 4.78 is 9.74. The number of ether oxygens (including phenoxy) is 2. The zero-order valence-electron chi connectivity index (χ0n) is 9.37. The Hall–Kier alpha value is -1.06. The minimum absolute atomic E-state index is 0.166. The number of esters is 2. The molecule has 0 aliphatic carbocycles. The fraction of sp³-hybridized carbons (Fsp3) is 0.800. The molecule has 0 aliphatic rings. The highest BCUT2D eigenvalue weighted by Gasteiger charge is 2.21. The van der Waals surface area contributed by atoms with Gasteiger partial charge in [-0.1, -0.05) is 13.8 Å². The molecule has 14 heavy (non-hydrogen) atoms. The summed E-state index contributed by atoms with van der Waals surface area (Å²) in [6, 6.07) is 0. The molecule has 2 unspecified atom stereocenters. The van der Waals surface area contributed by atoms with E-state index in [0.717, 1.165) is 0 Å². The van der Waals surface area contributed by atoms with Gasteiger partial charge in [0.25, 0.3) is 0 Å². The number of hydrogen-bond donors (Lipinski definition) is 0. The van der Waals surface area contributed by atoms with Crippen molar-refractivity contribution in [2.45, 2.75) is 46.8 Å². The van der Waals surface area contributed by atoms with Crippen LogP contribution in [0.4, 0.5) is 0 Å². The van der Waals surface area contributed by atoms with Crippen molar-refractivity contribution in [1.82, 2.24) is 0 Å². The van der Waals surface area contributed by atoms with Crippen molar-refractivity contribution in [3.05, 3.63) is 0 Å². The lowest BCUT2D eigenvalue weighted by molar-refractivity contribution is -0.169. The lowest BCUT2D eigenvalue weighted by atomic mass is 10.1. The summed E-state index contributed by atoms with van der Waals surface area (Å²) in [5, 5.41) is 0. The molecule has 0 spiro atoms. The van der Waals surface area contributed by atoms with E-state index in [1.54, 1.807) is 0 Å². The third-order valence-electron chi connectivity index (χ3n) is 1.92. The van der Waals surface area contributed by atoms with E-state index >= 15 is 0 Å². The van der Waals surface area contributed by atoms with Crippen molar-refractivity contribution in [3.8, 4) is 0 Å². The minimum Gasteiger partial charge on any atom is -0.460 e. The smallest absolute Gasteiger partial charge is 0.347 e. The second-order valence-electron chi connectivity index (χ2n) is 3.64. The summed E-state index contributed by atoms with van der Waals surface area (Å²) in [5.74, 6) is -0.725. The number of carbonyl (C=O) groups excluding carboxylic acids is 2. The van der Waals surface area contributed by atoms with Crippen molar-refractivity contribution in [3.63, 3.8) is 0 Å². The fourth-order valence-corrected chi connectivity index (χ4v) is 0.712. The molecule has 82 valence electrons. The SMILES string of the molecule is CC(=O)OC(C)C(=O)OC(C)C(C)C. The van der Waals surface area contributed by atoms with Crippen LogP contribution in [0, 0.1) is 5.92 Å². The molecule has 0 saturated carbocycles. The van der Waals surface area contributed by atoms with Crippen LogP contribution in [0.2, 0.25) is 0 Å². The lowest BCUT2D eigenvalue weighted by Crippen LogP contribution is -2.30. The average molecular weight is 202 g/mol. The van der Waals surface area contributed by atoms with Crippen LogP contribution in [-0.4, -0.2) is 24.1 Å². The van der Waals surface area contributed by atoms with Gasteiger partial charge in [0.1, 0.15) is 6.10 Å². The first kappa shape index (κ1) is 12.9. The average Bonchev–Trinajstić information content (AvgIpc) is 2.02. The van der Waals surface area contributed by atoms with E-state index in [4.69, 9.17) is 4.74 Å². The Balaban J connectivity index is 4.01. The van der Waals surface area contributed by atoms with Gasteiger partial charge < -0.3 is 9.47 Å². The summed E-state index contributed by atoms with van der Waals surface area (Å²) >= 11 is 0. The summed E-state index contributed by atoms with van der Waals surface area (Å²) in [5.41, 5.74) is 0. The van der Waals surface area contributed by atoms with Gasteiger partial charge in [-0.2, -0.15) is 0 Å². The van der Waals surface area contributed by atoms with Crippen LogP contribution < -0.4 is 0 Å². The molecular weight excluding hydrogens is 184 g/mol. The third kappa shape index (κ3) is 4.84. The Morgan fingerprint density at radius 3 is 1.86 bits per heavy atom. The standard InChI is InChI=1S/C10H18O4/c1-6(2)7(3)14-10(12)8(4)13-9(5)11/h6-8H,1-5H3. The molecule has 0 saturated heterocycles. The summed E-state index contributed by atoms with van der Waals surface area (Å²) in [7, 11) is 0. The van der Waals surface area contributed by atoms with E-state index in [2.05, 4.69) is 4.74 Å². The molecular formula is C10H18O4. The molecule has 0 aromatic heterocycles. The van der Waals surface area contributed by atoms with E-state index in [0.29, 0.717) is 0 Å². The second-order valence-corrected chi connectivity index (χ2v) is 3.64. The van der Waals surface area contributed by atoms with E-state index in [1.165, 1.54) is 13.8 Å². The quantitative estimate of drug-likeness (QED) is 0.649. The van der Waals surface area contributed by atoms with Crippen LogP contribution in [-0.2, 0) is 19.1 Å². The van der Waals surface area contributed by atoms with Crippen LogP contribution in [0.3, 0.4) is 0 Å². The van der Waals surface area contributed by atoms with Gasteiger partial charge >= 0.3 is 11.9 Å². The Morgan fingerprint density at radius 2 is 1.50 bits per heavy atom. The van der Waals surface area contributed by atoms with Gasteiger partial charge in [0.05, 0.1) is 0 Å². The predicted molar refractivity (Wildman–Crippen MR) is 51.6 cm³/mol. The van der Waals surface area contributed by atoms with Gasteiger partial charge in [0, 0.05) is 6.92 Å². The monoisotopic (exact) mass is 202 g/mol. The molecule has 0 N–H and O–H groups in total. The Kier molecular flexibility index (Phi) is 5.20. The first-order chi connectivity index (χ1) is 6.34. The molecule has 2 atom stereocenters. The van der Waals surface area contributed by atoms with Gasteiger partial charge in [0.2, 0.25) is 0 Å². The molecule has 0 radical (unpaired) electrons. The van der Waals surface area contributed by atoms with Crippen molar-refractivity contribution < 1.29 is 19.1 Å². The van der Waals surface area contributed by atoms with E-state index < -0.39 is 18.0 Å². The number of carbonyl (C=O) groups is 2. The van der Waals surface area contributed by atoms with E-state index in [1.807, 2.05) is 20.8 Å². The Bertz CT molecular complexity index is 210. The Morgan fingerprint density at radius 1 is 1.00 bits per heavy atom. The van der Waals surface area contributed by atoms with Crippen LogP contribution in [0.25, 0.3) is 0 Å². The molecule has 4 heteroatoms. The normalized spacial score (nSPS) is 14.7. The first-order valence-electron chi connectivity index (χ1n) is 4.72. The largest absolute Gasteiger partial charge is 0.460 e. The highest BCUT2D eigenvalue weighted by molar-refractivity contribution is 5.78. The lowest BCUT2D eigenvalue weighted by Gasteiger charge is -2.19. The van der Waals surface area contributed by atoms with Gasteiger partial charge in [-0.15, -0.1) is 0 Å².